The van der Waals surface area contributed by atoms with Crippen LogP contribution in [0.3, 0.4) is 0 Å². The van der Waals surface area contributed by atoms with Gasteiger partial charge in [0.25, 0.3) is 11.8 Å². The number of nitrogens with zero attached hydrogens (tertiary/aromatic N) is 3. The van der Waals surface area contributed by atoms with Gasteiger partial charge in [0.2, 0.25) is 5.54 Å². The number of hydrogen-bond donors (Lipinski definition) is 3. The first-order chi connectivity index (χ1) is 22.0. The van der Waals surface area contributed by atoms with Crippen LogP contribution in [0, 0.1) is 5.92 Å². The van der Waals surface area contributed by atoms with Gasteiger partial charge in [-0.3, -0.25) is 19.5 Å². The van der Waals surface area contributed by atoms with Crippen LogP contribution in [0.1, 0.15) is 30.0 Å². The zero-order valence-electron chi connectivity index (χ0n) is 24.7. The summed E-state index contributed by atoms with van der Waals surface area (Å²) < 4.78 is 11.1. The Morgan fingerprint density at radius 2 is 1.61 bits per heavy atom. The summed E-state index contributed by atoms with van der Waals surface area (Å²) in [7, 11) is 0. The van der Waals surface area contributed by atoms with E-state index < -0.39 is 59.0 Å². The van der Waals surface area contributed by atoms with E-state index in [-0.39, 0.29) is 36.4 Å². The van der Waals surface area contributed by atoms with Gasteiger partial charge in [0.1, 0.15) is 18.3 Å². The third kappa shape index (κ3) is 4.76. The predicted molar refractivity (Wildman–Crippen MR) is 160 cm³/mol. The highest BCUT2D eigenvalue weighted by Crippen LogP contribution is 2.52. The van der Waals surface area contributed by atoms with Crippen LogP contribution >= 0.6 is 0 Å². The highest BCUT2D eigenvalue weighted by atomic mass is 16.6. The first-order valence-electron chi connectivity index (χ1n) is 14.5. The lowest BCUT2D eigenvalue weighted by Crippen LogP contribution is -2.71. The topological polar surface area (TPSA) is 195 Å². The number of nitrogens with two attached hydrogens (primary N) is 2. The van der Waals surface area contributed by atoms with Gasteiger partial charge in [-0.25, -0.2) is 14.4 Å². The fraction of sp³-hybridized carbons (Fsp3) is 0.273. The lowest BCUT2D eigenvalue weighted by Gasteiger charge is -2.51. The molecule has 0 spiro atoms. The Hall–Kier alpha value is -5.56. The van der Waals surface area contributed by atoms with E-state index in [1.165, 1.54) is 36.4 Å². The van der Waals surface area contributed by atoms with Crippen molar-refractivity contribution in [3.8, 4) is 0 Å². The van der Waals surface area contributed by atoms with Crippen molar-refractivity contribution in [2.45, 2.75) is 43.2 Å². The number of likely N-dealkylation sites (tertiary alicyclic amines) is 1. The van der Waals surface area contributed by atoms with Crippen LogP contribution in [0.25, 0.3) is 0 Å². The van der Waals surface area contributed by atoms with Crippen LogP contribution in [0.5, 0.6) is 0 Å². The number of aliphatic carboxylic acids is 1. The molecule has 236 valence electrons. The quantitative estimate of drug-likeness (QED) is 0.179. The number of rotatable bonds is 9. The Morgan fingerprint density at radius 3 is 2.22 bits per heavy atom. The van der Waals surface area contributed by atoms with Crippen LogP contribution < -0.4 is 11.5 Å². The average Bonchev–Trinajstić information content (AvgIpc) is 3.43. The normalized spacial score (nSPS) is 22.6. The lowest BCUT2D eigenvalue weighted by atomic mass is 9.73. The van der Waals surface area contributed by atoms with Crippen molar-refractivity contribution in [3.63, 3.8) is 0 Å². The summed E-state index contributed by atoms with van der Waals surface area (Å²) in [6.45, 7) is 1.32. The number of carboxylic acids is 1. The fourth-order valence-electron chi connectivity index (χ4n) is 6.83. The van der Waals surface area contributed by atoms with E-state index in [0.717, 1.165) is 4.90 Å². The van der Waals surface area contributed by atoms with Crippen LogP contribution in [-0.4, -0.2) is 68.4 Å². The first kappa shape index (κ1) is 30.5. The van der Waals surface area contributed by atoms with Gasteiger partial charge in [-0.05, 0) is 36.6 Å². The summed E-state index contributed by atoms with van der Waals surface area (Å²) in [4.78, 5) is 73.1. The number of β-lactam (4-membered cyclic amide) rings is 1. The third-order valence-electron chi connectivity index (χ3n) is 9.03. The Kier molecular flexibility index (Phi) is 7.56. The smallest absolute Gasteiger partial charge is 0.405 e. The summed E-state index contributed by atoms with van der Waals surface area (Å²) in [6.07, 6.45) is 1.78. The molecule has 3 amide bonds. The van der Waals surface area contributed by atoms with Crippen molar-refractivity contribution in [1.29, 1.82) is 0 Å². The zero-order valence-corrected chi connectivity index (χ0v) is 24.7. The molecule has 3 aliphatic rings. The predicted octanol–water partition coefficient (Wildman–Crippen LogP) is 1.77. The molecule has 3 aliphatic heterocycles. The van der Waals surface area contributed by atoms with E-state index in [2.05, 4.69) is 4.98 Å². The van der Waals surface area contributed by atoms with Gasteiger partial charge < -0.3 is 30.9 Å². The molecule has 5 atom stereocenters. The van der Waals surface area contributed by atoms with E-state index in [1.54, 1.807) is 54.6 Å². The number of carbonyl (C=O) groups excluding carboxylic acids is 4. The van der Waals surface area contributed by atoms with Gasteiger partial charge in [-0.2, -0.15) is 0 Å². The van der Waals surface area contributed by atoms with Crippen molar-refractivity contribution in [2.75, 3.05) is 6.54 Å². The molecule has 6 rings (SSSR count). The molecule has 46 heavy (non-hydrogen) atoms. The van der Waals surface area contributed by atoms with Gasteiger partial charge >= 0.3 is 18.0 Å². The number of carbonyl (C=O) groups is 5. The van der Waals surface area contributed by atoms with Crippen LogP contribution in [-0.2, 0) is 46.4 Å². The highest BCUT2D eigenvalue weighted by molar-refractivity contribution is 6.11. The Bertz CT molecular complexity index is 1750. The molecule has 0 saturated carbocycles. The van der Waals surface area contributed by atoms with E-state index in [0.29, 0.717) is 11.1 Å². The van der Waals surface area contributed by atoms with E-state index in [4.69, 9.17) is 20.9 Å². The van der Waals surface area contributed by atoms with Crippen molar-refractivity contribution < 1.29 is 38.6 Å². The number of esters is 1. The largest absolute Gasteiger partial charge is 0.477 e. The molecule has 3 aromatic rings. The van der Waals surface area contributed by atoms with Gasteiger partial charge in [-0.1, -0.05) is 60.7 Å². The SMILES string of the molecule is CC(OC(N)=O)(C1=C(C(=O)O)N2C(=O)[C@@H]3[C@H]2[C@H](C1)CN3C(=O)[C@@](N)(C(=O)OCc1ccccc1)c1ccccc1)c1ccncc1. The number of pyridine rings is 1. The molecular weight excluding hydrogens is 594 g/mol. The minimum absolute atomic E-state index is 0.0316. The molecule has 2 fully saturated rings. The lowest BCUT2D eigenvalue weighted by molar-refractivity contribution is -0.167. The molecule has 1 aromatic heterocycles. The Morgan fingerprint density at radius 1 is 0.978 bits per heavy atom. The molecule has 2 saturated heterocycles. The summed E-state index contributed by atoms with van der Waals surface area (Å²) in [5, 5.41) is 10.4. The number of carboxylic acid groups (broad SMARTS) is 1. The maximum absolute atomic E-state index is 14.4. The summed E-state index contributed by atoms with van der Waals surface area (Å²) in [5.74, 6) is -4.42. The molecule has 13 nitrogen and oxygen atoms in total. The van der Waals surface area contributed by atoms with Crippen molar-refractivity contribution >= 4 is 29.8 Å². The molecule has 13 heteroatoms. The summed E-state index contributed by atoms with van der Waals surface area (Å²) in [5.41, 5.74) is 9.15. The zero-order chi connectivity index (χ0) is 32.8. The first-order valence-corrected chi connectivity index (χ1v) is 14.5. The van der Waals surface area contributed by atoms with Gasteiger partial charge in [0, 0.05) is 36.0 Å². The van der Waals surface area contributed by atoms with Crippen molar-refractivity contribution in [3.05, 3.63) is 113 Å². The molecule has 0 aliphatic carbocycles. The summed E-state index contributed by atoms with van der Waals surface area (Å²) in [6, 6.07) is 18.2. The van der Waals surface area contributed by atoms with Crippen molar-refractivity contribution in [2.24, 2.45) is 17.4 Å². The monoisotopic (exact) mass is 625 g/mol. The van der Waals surface area contributed by atoms with Crippen LogP contribution in [0.4, 0.5) is 4.79 Å². The molecule has 2 aromatic carbocycles. The average molecular weight is 626 g/mol. The van der Waals surface area contributed by atoms with Gasteiger partial charge in [-0.15, -0.1) is 0 Å². The summed E-state index contributed by atoms with van der Waals surface area (Å²) >= 11 is 0. The third-order valence-corrected chi connectivity index (χ3v) is 9.03. The van der Waals surface area contributed by atoms with Crippen LogP contribution in [0.15, 0.2) is 96.5 Å². The molecule has 0 radical (unpaired) electrons. The van der Waals surface area contributed by atoms with E-state index >= 15 is 0 Å². The number of hydrogen-bond acceptors (Lipinski definition) is 9. The van der Waals surface area contributed by atoms with E-state index in [1.807, 2.05) is 6.07 Å². The molecule has 0 bridgehead atoms. The molecule has 1 unspecified atom stereocenters. The second kappa shape index (κ2) is 11.4. The number of aromatic nitrogens is 1. The number of amides is 3. The van der Waals surface area contributed by atoms with E-state index in [9.17, 15) is 29.1 Å². The number of benzene rings is 2. The molecular formula is C33H31N5O8. The van der Waals surface area contributed by atoms with Gasteiger partial charge in [0.05, 0.1) is 6.04 Å². The number of primary amides is 1. The second-order valence-corrected chi connectivity index (χ2v) is 11.6. The Balaban J connectivity index is 1.36. The molecule has 5 N–H and O–H groups in total. The second-order valence-electron chi connectivity index (χ2n) is 11.6. The maximum atomic E-state index is 14.4. The fourth-order valence-corrected chi connectivity index (χ4v) is 6.83. The standard InChI is InChI=1S/C33H31N5O8/c1-32(46-31(34)44,21-12-14-36-15-13-21)23-16-20-17-37(26-24(20)38(27(26)39)25(23)28(40)41)29(42)33(35,22-10-6-3-7-11-22)30(43)45-18-19-8-4-2-5-9-19/h2-15,20,24,26H,16-18,35H2,1H3,(H2,34,44)(H,40,41)/t20-,24-,26+,32?,33-/m1/s1. The molecule has 4 heterocycles. The maximum Gasteiger partial charge on any atom is 0.405 e. The highest BCUT2D eigenvalue weighted by Gasteiger charge is 2.67. The van der Waals surface area contributed by atoms with Crippen molar-refractivity contribution in [1.82, 2.24) is 14.8 Å². The minimum atomic E-state index is -2.31. The van der Waals surface area contributed by atoms with Crippen LogP contribution in [0.2, 0.25) is 0 Å². The number of ether oxygens (including phenoxy) is 2. The Labute approximate surface area is 263 Å². The minimum Gasteiger partial charge on any atom is -0.477 e. The van der Waals surface area contributed by atoms with Gasteiger partial charge in [0.15, 0.2) is 5.60 Å².